The second-order valence-corrected chi connectivity index (χ2v) is 9.35. The smallest absolute Gasteiger partial charge is 0.254 e. The molecule has 0 aliphatic carbocycles. The van der Waals surface area contributed by atoms with Gasteiger partial charge in [-0.3, -0.25) is 9.59 Å². The summed E-state index contributed by atoms with van der Waals surface area (Å²) < 4.78 is 24.4. The fourth-order valence-corrected chi connectivity index (χ4v) is 4.87. The average molecular weight is 395 g/mol. The van der Waals surface area contributed by atoms with Gasteiger partial charge in [0.15, 0.2) is 9.84 Å². The van der Waals surface area contributed by atoms with Crippen molar-refractivity contribution in [2.24, 2.45) is 0 Å². The van der Waals surface area contributed by atoms with Crippen LogP contribution in [-0.4, -0.2) is 33.0 Å². The van der Waals surface area contributed by atoms with Gasteiger partial charge in [-0.25, -0.2) is 8.42 Å². The average Bonchev–Trinajstić information content (AvgIpc) is 2.87. The Morgan fingerprint density at radius 2 is 1.77 bits per heavy atom. The minimum absolute atomic E-state index is 0.0954. The first kappa shape index (κ1) is 20.1. The summed E-state index contributed by atoms with van der Waals surface area (Å²) in [4.78, 5) is 25.1. The van der Waals surface area contributed by atoms with Gasteiger partial charge >= 0.3 is 0 Å². The number of thiophene rings is 1. The number of anilines is 1. The van der Waals surface area contributed by atoms with E-state index in [1.807, 2.05) is 19.9 Å². The predicted molar refractivity (Wildman–Crippen MR) is 104 cm³/mol. The maximum atomic E-state index is 12.2. The highest BCUT2D eigenvalue weighted by atomic mass is 32.2. The van der Waals surface area contributed by atoms with E-state index in [1.54, 1.807) is 24.3 Å². The van der Waals surface area contributed by atoms with Crippen molar-refractivity contribution in [1.29, 1.82) is 0 Å². The van der Waals surface area contributed by atoms with Crippen LogP contribution in [0.15, 0.2) is 30.3 Å². The fourth-order valence-electron chi connectivity index (χ4n) is 2.45. The van der Waals surface area contributed by atoms with E-state index in [0.717, 1.165) is 10.4 Å². The van der Waals surface area contributed by atoms with Crippen molar-refractivity contribution in [1.82, 2.24) is 5.32 Å². The molecule has 2 rings (SSSR count). The number of amides is 2. The van der Waals surface area contributed by atoms with Crippen LogP contribution in [0.5, 0.6) is 0 Å². The summed E-state index contributed by atoms with van der Waals surface area (Å²) in [6, 6.07) is 8.85. The van der Waals surface area contributed by atoms with E-state index in [2.05, 4.69) is 10.6 Å². The van der Waals surface area contributed by atoms with Gasteiger partial charge in [0.2, 0.25) is 5.91 Å². The molecule has 2 N–H and O–H groups in total. The van der Waals surface area contributed by atoms with Gasteiger partial charge in [-0.05, 0) is 25.0 Å². The van der Waals surface area contributed by atoms with Gasteiger partial charge in [0, 0.05) is 18.3 Å². The SMILES string of the molecule is CNC(=O)c1c(NC(=O)CCS(=O)(=O)Cc2ccccc2)sc(C)c1C. The number of rotatable bonds is 7. The Kier molecular flexibility index (Phi) is 6.55. The van der Waals surface area contributed by atoms with Gasteiger partial charge in [-0.15, -0.1) is 11.3 Å². The van der Waals surface area contributed by atoms with Crippen LogP contribution in [0.2, 0.25) is 0 Å². The van der Waals surface area contributed by atoms with E-state index >= 15 is 0 Å². The Morgan fingerprint density at radius 1 is 1.12 bits per heavy atom. The standard InChI is InChI=1S/C18H22N2O4S2/c1-12-13(2)25-18(16(12)17(22)19-3)20-15(21)9-10-26(23,24)11-14-7-5-4-6-8-14/h4-8H,9-11H2,1-3H3,(H,19,22)(H,20,21). The Hall–Kier alpha value is -2.19. The normalized spacial score (nSPS) is 11.2. The number of hydrogen-bond acceptors (Lipinski definition) is 5. The van der Waals surface area contributed by atoms with E-state index in [1.165, 1.54) is 18.4 Å². The Balaban J connectivity index is 2.01. The van der Waals surface area contributed by atoms with Crippen LogP contribution in [0, 0.1) is 13.8 Å². The maximum absolute atomic E-state index is 12.2. The van der Waals surface area contributed by atoms with Crippen molar-refractivity contribution < 1.29 is 18.0 Å². The largest absolute Gasteiger partial charge is 0.355 e. The van der Waals surface area contributed by atoms with E-state index in [4.69, 9.17) is 0 Å². The van der Waals surface area contributed by atoms with Crippen LogP contribution in [0.25, 0.3) is 0 Å². The number of aryl methyl sites for hydroxylation is 1. The van der Waals surface area contributed by atoms with Gasteiger partial charge in [-0.2, -0.15) is 0 Å². The minimum atomic E-state index is -3.39. The molecule has 0 bridgehead atoms. The quantitative estimate of drug-likeness (QED) is 0.755. The highest BCUT2D eigenvalue weighted by Crippen LogP contribution is 2.32. The lowest BCUT2D eigenvalue weighted by Gasteiger charge is -2.07. The number of benzene rings is 1. The Bertz CT molecular complexity index is 903. The molecule has 26 heavy (non-hydrogen) atoms. The molecule has 0 atom stereocenters. The molecular formula is C18H22N2O4S2. The van der Waals surface area contributed by atoms with Gasteiger partial charge < -0.3 is 10.6 Å². The highest BCUT2D eigenvalue weighted by Gasteiger charge is 2.21. The van der Waals surface area contributed by atoms with Crippen molar-refractivity contribution in [3.8, 4) is 0 Å². The molecule has 6 nitrogen and oxygen atoms in total. The van der Waals surface area contributed by atoms with Crippen LogP contribution in [0.4, 0.5) is 5.00 Å². The van der Waals surface area contributed by atoms with Crippen molar-refractivity contribution in [3.05, 3.63) is 51.9 Å². The Labute approximate surface area is 157 Å². The van der Waals surface area contributed by atoms with Crippen LogP contribution in [0.1, 0.15) is 32.8 Å². The van der Waals surface area contributed by atoms with E-state index in [9.17, 15) is 18.0 Å². The molecular weight excluding hydrogens is 372 g/mol. The van der Waals surface area contributed by atoms with E-state index in [-0.39, 0.29) is 23.8 Å². The molecule has 1 heterocycles. The van der Waals surface area contributed by atoms with Gasteiger partial charge in [-0.1, -0.05) is 30.3 Å². The van der Waals surface area contributed by atoms with Gasteiger partial charge in [0.25, 0.3) is 5.91 Å². The molecule has 1 aromatic heterocycles. The summed E-state index contributed by atoms with van der Waals surface area (Å²) in [6.07, 6.45) is -0.154. The summed E-state index contributed by atoms with van der Waals surface area (Å²) >= 11 is 1.31. The number of nitrogens with one attached hydrogen (secondary N) is 2. The first-order valence-electron chi connectivity index (χ1n) is 8.09. The first-order chi connectivity index (χ1) is 12.2. The topological polar surface area (TPSA) is 92.3 Å². The zero-order valence-corrected chi connectivity index (χ0v) is 16.6. The maximum Gasteiger partial charge on any atom is 0.254 e. The second-order valence-electron chi connectivity index (χ2n) is 5.94. The molecule has 2 aromatic rings. The molecule has 1 aromatic carbocycles. The lowest BCUT2D eigenvalue weighted by atomic mass is 10.1. The second kappa shape index (κ2) is 8.46. The summed E-state index contributed by atoms with van der Waals surface area (Å²) in [5.41, 5.74) is 1.93. The first-order valence-corrected chi connectivity index (χ1v) is 10.7. The fraction of sp³-hybridized carbons (Fsp3) is 0.333. The molecule has 0 spiro atoms. The van der Waals surface area contributed by atoms with Crippen LogP contribution >= 0.6 is 11.3 Å². The van der Waals surface area contributed by atoms with E-state index < -0.39 is 15.7 Å². The molecule has 0 unspecified atom stereocenters. The monoisotopic (exact) mass is 394 g/mol. The van der Waals surface area contributed by atoms with Crippen LogP contribution < -0.4 is 10.6 Å². The molecule has 140 valence electrons. The molecule has 0 fully saturated rings. The molecule has 2 amide bonds. The van der Waals surface area contributed by atoms with Crippen molar-refractivity contribution >= 4 is 38.0 Å². The van der Waals surface area contributed by atoms with E-state index in [0.29, 0.717) is 16.1 Å². The summed E-state index contributed by atoms with van der Waals surface area (Å²) in [6.45, 7) is 3.68. The third-order valence-corrected chi connectivity index (χ3v) is 6.68. The number of carbonyl (C=O) groups excluding carboxylic acids is 2. The lowest BCUT2D eigenvalue weighted by Crippen LogP contribution is -2.22. The predicted octanol–water partition coefficient (Wildman–Crippen LogP) is 2.67. The number of sulfone groups is 1. The molecule has 0 aliphatic heterocycles. The lowest BCUT2D eigenvalue weighted by molar-refractivity contribution is -0.115. The van der Waals surface area contributed by atoms with Gasteiger partial charge in [0.05, 0.1) is 17.1 Å². The molecule has 0 aliphatic rings. The number of hydrogen-bond donors (Lipinski definition) is 2. The highest BCUT2D eigenvalue weighted by molar-refractivity contribution is 7.90. The molecule has 0 saturated carbocycles. The molecule has 8 heteroatoms. The minimum Gasteiger partial charge on any atom is -0.355 e. The molecule has 0 radical (unpaired) electrons. The zero-order valence-electron chi connectivity index (χ0n) is 15.0. The van der Waals surface area contributed by atoms with Crippen molar-refractivity contribution in [3.63, 3.8) is 0 Å². The van der Waals surface area contributed by atoms with Gasteiger partial charge in [0.1, 0.15) is 5.00 Å². The summed E-state index contributed by atoms with van der Waals surface area (Å²) in [5, 5.41) is 5.68. The summed E-state index contributed by atoms with van der Waals surface area (Å²) in [7, 11) is -1.87. The summed E-state index contributed by atoms with van der Waals surface area (Å²) in [5.74, 6) is -1.04. The van der Waals surface area contributed by atoms with Crippen molar-refractivity contribution in [2.45, 2.75) is 26.0 Å². The van der Waals surface area contributed by atoms with Crippen LogP contribution in [-0.2, 0) is 20.4 Å². The number of carbonyl (C=O) groups is 2. The third kappa shape index (κ3) is 5.15. The van der Waals surface area contributed by atoms with Crippen molar-refractivity contribution in [2.75, 3.05) is 18.1 Å². The molecule has 0 saturated heterocycles. The third-order valence-electron chi connectivity index (χ3n) is 3.96. The Morgan fingerprint density at radius 3 is 2.38 bits per heavy atom. The van der Waals surface area contributed by atoms with Crippen LogP contribution in [0.3, 0.4) is 0 Å². The zero-order chi connectivity index (χ0) is 19.3.